The molecule has 10 heteroatoms. The van der Waals surface area contributed by atoms with Gasteiger partial charge in [-0.15, -0.1) is 0 Å². The molecule has 0 N–H and O–H groups in total. The zero-order chi connectivity index (χ0) is 17.8. The van der Waals surface area contributed by atoms with Crippen molar-refractivity contribution in [2.75, 3.05) is 0 Å². The van der Waals surface area contributed by atoms with Crippen molar-refractivity contribution in [3.8, 4) is 0 Å². The molecule has 0 bridgehead atoms. The first-order valence-corrected chi connectivity index (χ1v) is 7.04. The van der Waals surface area contributed by atoms with Gasteiger partial charge in [-0.1, -0.05) is 23.2 Å². The summed E-state index contributed by atoms with van der Waals surface area (Å²) >= 11 is 11.7. The van der Waals surface area contributed by atoms with Gasteiger partial charge in [0.2, 0.25) is 11.6 Å². The van der Waals surface area contributed by atoms with Crippen molar-refractivity contribution in [2.24, 2.45) is 0 Å². The molecule has 1 aliphatic carbocycles. The van der Waals surface area contributed by atoms with E-state index in [1.54, 1.807) is 0 Å². The lowest BCUT2D eigenvalue weighted by Gasteiger charge is -2.18. The van der Waals surface area contributed by atoms with E-state index in [9.17, 15) is 29.8 Å². The maximum absolute atomic E-state index is 12.7. The highest BCUT2D eigenvalue weighted by molar-refractivity contribution is 6.41. The van der Waals surface area contributed by atoms with Crippen molar-refractivity contribution in [1.82, 2.24) is 0 Å². The topological polar surface area (TPSA) is 120 Å². The van der Waals surface area contributed by atoms with Crippen LogP contribution in [0.1, 0.15) is 31.8 Å². The van der Waals surface area contributed by atoms with Crippen LogP contribution in [0.4, 0.5) is 11.4 Å². The fourth-order valence-corrected chi connectivity index (χ4v) is 3.06. The molecule has 24 heavy (non-hydrogen) atoms. The van der Waals surface area contributed by atoms with Crippen LogP contribution in [0.15, 0.2) is 24.3 Å². The maximum atomic E-state index is 12.7. The third-order valence-corrected chi connectivity index (χ3v) is 4.19. The second kappa shape index (κ2) is 5.36. The van der Waals surface area contributed by atoms with Crippen molar-refractivity contribution in [1.29, 1.82) is 0 Å². The first-order valence-electron chi connectivity index (χ1n) is 6.29. The minimum Gasteiger partial charge on any atom is -0.288 e. The van der Waals surface area contributed by atoms with Crippen LogP contribution in [0.25, 0.3) is 0 Å². The number of halogens is 2. The van der Waals surface area contributed by atoms with Crippen LogP contribution in [0, 0.1) is 20.2 Å². The summed E-state index contributed by atoms with van der Waals surface area (Å²) in [5.74, 6) is -1.85. The average molecular weight is 367 g/mol. The predicted molar refractivity (Wildman–Crippen MR) is 83.1 cm³/mol. The normalized spacial score (nSPS) is 12.6. The van der Waals surface area contributed by atoms with E-state index in [1.165, 1.54) is 0 Å². The molecule has 3 rings (SSSR count). The fraction of sp³-hybridized carbons (Fsp3) is 0. The lowest BCUT2D eigenvalue weighted by Crippen LogP contribution is -2.24. The largest absolute Gasteiger partial charge is 0.299 e. The second-order valence-corrected chi connectivity index (χ2v) is 5.62. The van der Waals surface area contributed by atoms with Gasteiger partial charge in [0.15, 0.2) is 0 Å². The highest BCUT2D eigenvalue weighted by Crippen LogP contribution is 2.42. The molecule has 2 aromatic carbocycles. The van der Waals surface area contributed by atoms with Gasteiger partial charge in [-0.25, -0.2) is 0 Å². The fourth-order valence-electron chi connectivity index (χ4n) is 2.59. The lowest BCUT2D eigenvalue weighted by atomic mass is 9.82. The number of benzene rings is 2. The Bertz CT molecular complexity index is 986. The Kier molecular flexibility index (Phi) is 3.58. The van der Waals surface area contributed by atoms with Crippen molar-refractivity contribution in [2.45, 2.75) is 0 Å². The van der Waals surface area contributed by atoms with Gasteiger partial charge in [-0.2, -0.15) is 0 Å². The molecule has 120 valence electrons. The number of hydrogen-bond acceptors (Lipinski definition) is 6. The van der Waals surface area contributed by atoms with Crippen molar-refractivity contribution >= 4 is 46.1 Å². The first kappa shape index (κ1) is 16.0. The van der Waals surface area contributed by atoms with Gasteiger partial charge < -0.3 is 0 Å². The molecule has 0 aliphatic heterocycles. The Balaban J connectivity index is 2.45. The maximum Gasteiger partial charge on any atom is 0.299 e. The number of nitrogens with zero attached hydrogens (tertiary/aromatic N) is 2. The van der Waals surface area contributed by atoms with Crippen molar-refractivity contribution in [3.63, 3.8) is 0 Å². The third-order valence-electron chi connectivity index (χ3n) is 3.57. The van der Waals surface area contributed by atoms with Gasteiger partial charge in [-0.05, 0) is 18.2 Å². The number of ketones is 2. The van der Waals surface area contributed by atoms with E-state index in [4.69, 9.17) is 23.2 Å². The first-order chi connectivity index (χ1) is 11.3. The molecule has 0 radical (unpaired) electrons. The number of nitro groups is 2. The van der Waals surface area contributed by atoms with Crippen molar-refractivity contribution in [3.05, 3.63) is 76.8 Å². The summed E-state index contributed by atoms with van der Waals surface area (Å²) in [4.78, 5) is 46.0. The highest BCUT2D eigenvalue weighted by Gasteiger charge is 2.42. The number of hydrogen-bond donors (Lipinski definition) is 0. The molecular weight excluding hydrogens is 363 g/mol. The van der Waals surface area contributed by atoms with E-state index in [1.807, 2.05) is 0 Å². The quantitative estimate of drug-likeness (QED) is 0.504. The number of carbonyl (C=O) groups is 2. The van der Waals surface area contributed by atoms with Crippen molar-refractivity contribution < 1.29 is 19.4 Å². The van der Waals surface area contributed by atoms with Crippen LogP contribution < -0.4 is 0 Å². The summed E-state index contributed by atoms with van der Waals surface area (Å²) in [6.07, 6.45) is 0. The predicted octanol–water partition coefficient (Wildman–Crippen LogP) is 3.59. The Morgan fingerprint density at radius 3 is 1.96 bits per heavy atom. The van der Waals surface area contributed by atoms with Gasteiger partial charge >= 0.3 is 0 Å². The molecule has 0 atom stereocenters. The molecule has 0 unspecified atom stereocenters. The van der Waals surface area contributed by atoms with Crippen LogP contribution >= 0.6 is 23.2 Å². The average Bonchev–Trinajstić information content (AvgIpc) is 2.51. The summed E-state index contributed by atoms with van der Waals surface area (Å²) in [7, 11) is 0. The molecule has 1 aliphatic rings. The minimum atomic E-state index is -0.956. The molecule has 0 heterocycles. The number of rotatable bonds is 2. The lowest BCUT2D eigenvalue weighted by molar-refractivity contribution is -0.385. The molecule has 2 aromatic rings. The molecule has 0 fully saturated rings. The van der Waals surface area contributed by atoms with E-state index in [0.717, 1.165) is 24.3 Å². The Morgan fingerprint density at radius 1 is 0.750 bits per heavy atom. The van der Waals surface area contributed by atoms with E-state index < -0.39 is 49.5 Å². The molecule has 0 spiro atoms. The number of carbonyl (C=O) groups excluding carboxylic acids is 2. The van der Waals surface area contributed by atoms with Crippen LogP contribution in [0.5, 0.6) is 0 Å². The summed E-state index contributed by atoms with van der Waals surface area (Å²) < 4.78 is 0. The van der Waals surface area contributed by atoms with Gasteiger partial charge in [-0.3, -0.25) is 29.8 Å². The van der Waals surface area contributed by atoms with Crippen LogP contribution in [0.2, 0.25) is 10.0 Å². The standard InChI is InChI=1S/C14H4Cl2N2O6/c15-6-3-4-8(17(21)22)11-10(6)14(20)9-5(13(11)19)1-2-7(16)12(9)18(23)24/h1-4H. The third kappa shape index (κ3) is 2.08. The summed E-state index contributed by atoms with van der Waals surface area (Å²) in [5, 5.41) is 21.8. The summed E-state index contributed by atoms with van der Waals surface area (Å²) in [6.45, 7) is 0. The zero-order valence-electron chi connectivity index (χ0n) is 11.4. The molecular formula is C14H4Cl2N2O6. The Hall–Kier alpha value is -2.84. The highest BCUT2D eigenvalue weighted by atomic mass is 35.5. The zero-order valence-corrected chi connectivity index (χ0v) is 12.9. The molecule has 0 saturated carbocycles. The number of nitro benzene ring substituents is 2. The molecule has 0 saturated heterocycles. The molecule has 0 aromatic heterocycles. The SMILES string of the molecule is O=C1c2ccc(Cl)c([N+](=O)[O-])c2C(=O)c2c(Cl)ccc([N+](=O)[O-])c21. The monoisotopic (exact) mass is 366 g/mol. The van der Waals surface area contributed by atoms with Crippen LogP contribution in [-0.4, -0.2) is 21.4 Å². The van der Waals surface area contributed by atoms with E-state index >= 15 is 0 Å². The Labute approximate surface area is 142 Å². The second-order valence-electron chi connectivity index (χ2n) is 4.81. The van der Waals surface area contributed by atoms with Gasteiger partial charge in [0.25, 0.3) is 11.4 Å². The molecule has 0 amide bonds. The van der Waals surface area contributed by atoms with Gasteiger partial charge in [0, 0.05) is 11.6 Å². The minimum absolute atomic E-state index is 0.214. The molecule has 8 nitrogen and oxygen atoms in total. The van der Waals surface area contributed by atoms with Crippen LogP contribution in [0.3, 0.4) is 0 Å². The van der Waals surface area contributed by atoms with E-state index in [2.05, 4.69) is 0 Å². The van der Waals surface area contributed by atoms with E-state index in [-0.39, 0.29) is 15.6 Å². The van der Waals surface area contributed by atoms with Crippen LogP contribution in [-0.2, 0) is 0 Å². The van der Waals surface area contributed by atoms with E-state index in [0.29, 0.717) is 0 Å². The van der Waals surface area contributed by atoms with Gasteiger partial charge in [0.1, 0.15) is 16.1 Å². The Morgan fingerprint density at radius 2 is 1.38 bits per heavy atom. The van der Waals surface area contributed by atoms with Gasteiger partial charge in [0.05, 0.1) is 20.4 Å². The summed E-state index contributed by atoms with van der Waals surface area (Å²) in [5.41, 5.74) is -3.10. The smallest absolute Gasteiger partial charge is 0.288 e. The number of fused-ring (bicyclic) bond motifs is 2. The summed E-state index contributed by atoms with van der Waals surface area (Å²) in [6, 6.07) is 4.30.